The van der Waals surface area contributed by atoms with Crippen LogP contribution in [0.5, 0.6) is 0 Å². The molecule has 1 saturated heterocycles. The second-order valence-electron chi connectivity index (χ2n) is 11.7. The second-order valence-corrected chi connectivity index (χ2v) is 11.7. The summed E-state index contributed by atoms with van der Waals surface area (Å²) < 4.78 is 1.76. The maximum absolute atomic E-state index is 13.9. The van der Waals surface area contributed by atoms with Crippen molar-refractivity contribution in [1.82, 2.24) is 20.1 Å². The fourth-order valence-electron chi connectivity index (χ4n) is 5.35. The number of piperidine rings is 1. The van der Waals surface area contributed by atoms with Crippen molar-refractivity contribution < 1.29 is 9.59 Å². The quantitative estimate of drug-likeness (QED) is 0.229. The highest BCUT2D eigenvalue weighted by molar-refractivity contribution is 6.04. The van der Waals surface area contributed by atoms with Gasteiger partial charge >= 0.3 is 6.03 Å². The molecule has 5 rings (SSSR count). The van der Waals surface area contributed by atoms with Crippen molar-refractivity contribution in [2.75, 3.05) is 23.7 Å². The van der Waals surface area contributed by atoms with Crippen molar-refractivity contribution in [2.45, 2.75) is 51.9 Å². The predicted molar refractivity (Wildman–Crippen MR) is 163 cm³/mol. The van der Waals surface area contributed by atoms with Gasteiger partial charge in [0.25, 0.3) is 0 Å². The lowest BCUT2D eigenvalue weighted by molar-refractivity contribution is 0.0916. The summed E-state index contributed by atoms with van der Waals surface area (Å²) in [4.78, 5) is 31.5. The highest BCUT2D eigenvalue weighted by atomic mass is 16.2. The number of aryl methyl sites for hydroxylation is 1. The number of carbonyl (C=O) groups is 2. The van der Waals surface area contributed by atoms with Crippen LogP contribution in [0.3, 0.4) is 0 Å². The Bertz CT molecular complexity index is 1500. The van der Waals surface area contributed by atoms with E-state index < -0.39 is 6.03 Å². The van der Waals surface area contributed by atoms with Gasteiger partial charge in [-0.15, -0.1) is 0 Å². The summed E-state index contributed by atoms with van der Waals surface area (Å²) in [6, 6.07) is 20.7. The fourth-order valence-corrected chi connectivity index (χ4v) is 5.35. The van der Waals surface area contributed by atoms with Gasteiger partial charge in [0.15, 0.2) is 5.78 Å². The molecule has 1 aliphatic rings. The van der Waals surface area contributed by atoms with Crippen LogP contribution in [0.15, 0.2) is 79.1 Å². The minimum absolute atomic E-state index is 0.0428. The maximum Gasteiger partial charge on any atom is 0.324 e. The number of Topliss-reactive ketones (excluding diaryl/α,β-unsaturated/α-hetero) is 1. The number of aromatic nitrogens is 3. The van der Waals surface area contributed by atoms with E-state index in [9.17, 15) is 9.59 Å². The Labute approximate surface area is 241 Å². The Morgan fingerprint density at radius 2 is 1.63 bits per heavy atom. The van der Waals surface area contributed by atoms with Crippen LogP contribution in [-0.2, 0) is 5.41 Å². The lowest BCUT2D eigenvalue weighted by Gasteiger charge is -2.31. The van der Waals surface area contributed by atoms with Gasteiger partial charge in [-0.3, -0.25) is 15.1 Å². The number of nitrogens with zero attached hydrogens (tertiary/aromatic N) is 3. The highest BCUT2D eigenvalue weighted by Crippen LogP contribution is 2.38. The molecule has 4 aromatic rings. The Balaban J connectivity index is 1.45. The first kappa shape index (κ1) is 28.2. The molecule has 8 heteroatoms. The summed E-state index contributed by atoms with van der Waals surface area (Å²) >= 11 is 0. The van der Waals surface area contributed by atoms with Gasteiger partial charge in [-0.2, -0.15) is 5.10 Å². The van der Waals surface area contributed by atoms with Crippen LogP contribution in [0.4, 0.5) is 16.3 Å². The van der Waals surface area contributed by atoms with Crippen LogP contribution >= 0.6 is 0 Å². The number of carbonyl (C=O) groups excluding carboxylic acids is 2. The molecule has 2 aromatic heterocycles. The van der Waals surface area contributed by atoms with Crippen LogP contribution in [0.25, 0.3) is 5.69 Å². The number of hydrogen-bond donors (Lipinski definition) is 3. The third kappa shape index (κ3) is 6.55. The zero-order chi connectivity index (χ0) is 29.0. The molecule has 0 aliphatic carbocycles. The summed E-state index contributed by atoms with van der Waals surface area (Å²) in [5.74, 6) is 0.375. The third-order valence-electron chi connectivity index (χ3n) is 7.64. The second kappa shape index (κ2) is 12.1. The zero-order valence-electron chi connectivity index (χ0n) is 24.1. The van der Waals surface area contributed by atoms with Crippen molar-refractivity contribution >= 4 is 23.3 Å². The molecule has 0 saturated carbocycles. The average molecular weight is 551 g/mol. The molecular weight excluding hydrogens is 512 g/mol. The summed E-state index contributed by atoms with van der Waals surface area (Å²) in [7, 11) is 0. The van der Waals surface area contributed by atoms with E-state index in [1.165, 1.54) is 0 Å². The van der Waals surface area contributed by atoms with E-state index in [1.54, 1.807) is 29.2 Å². The number of hydrogen-bond acceptors (Lipinski definition) is 5. The van der Waals surface area contributed by atoms with E-state index in [0.29, 0.717) is 17.1 Å². The number of urea groups is 1. The number of ketones is 1. The first-order valence-electron chi connectivity index (χ1n) is 14.2. The van der Waals surface area contributed by atoms with E-state index in [4.69, 9.17) is 5.10 Å². The molecule has 0 radical (unpaired) electrons. The van der Waals surface area contributed by atoms with Crippen molar-refractivity contribution in [3.05, 3.63) is 102 Å². The van der Waals surface area contributed by atoms with Crippen LogP contribution < -0.4 is 16.0 Å². The van der Waals surface area contributed by atoms with Gasteiger partial charge in [0.05, 0.1) is 17.3 Å². The third-order valence-corrected chi connectivity index (χ3v) is 7.64. The van der Waals surface area contributed by atoms with E-state index in [2.05, 4.69) is 41.7 Å². The van der Waals surface area contributed by atoms with Gasteiger partial charge in [-0.25, -0.2) is 9.48 Å². The van der Waals surface area contributed by atoms with E-state index in [-0.39, 0.29) is 23.0 Å². The van der Waals surface area contributed by atoms with E-state index >= 15 is 0 Å². The van der Waals surface area contributed by atoms with Crippen molar-refractivity contribution in [2.24, 2.45) is 5.92 Å². The fraction of sp³-hybridized carbons (Fsp3) is 0.333. The highest BCUT2D eigenvalue weighted by Gasteiger charge is 2.33. The first-order chi connectivity index (χ1) is 19.7. The Hall–Kier alpha value is -4.30. The van der Waals surface area contributed by atoms with Gasteiger partial charge in [-0.1, -0.05) is 56.7 Å². The van der Waals surface area contributed by atoms with Gasteiger partial charge < -0.3 is 10.6 Å². The molecule has 1 fully saturated rings. The van der Waals surface area contributed by atoms with Crippen molar-refractivity contribution in [1.29, 1.82) is 0 Å². The van der Waals surface area contributed by atoms with Gasteiger partial charge in [-0.05, 0) is 74.7 Å². The minimum atomic E-state index is -0.397. The molecule has 1 atom stereocenters. The minimum Gasteiger partial charge on any atom is -0.317 e. The molecule has 2 amide bonds. The largest absolute Gasteiger partial charge is 0.324 e. The molecule has 2 aromatic carbocycles. The molecule has 3 heterocycles. The number of anilines is 2. The topological polar surface area (TPSA) is 101 Å². The monoisotopic (exact) mass is 550 g/mol. The molecule has 212 valence electrons. The van der Waals surface area contributed by atoms with Crippen LogP contribution in [0, 0.1) is 12.8 Å². The molecule has 0 spiro atoms. The molecule has 3 N–H and O–H groups in total. The van der Waals surface area contributed by atoms with Gasteiger partial charge in [0.2, 0.25) is 0 Å². The number of amides is 2. The van der Waals surface area contributed by atoms with Crippen LogP contribution in [0.2, 0.25) is 0 Å². The lowest BCUT2D eigenvalue weighted by atomic mass is 9.76. The number of para-hydroxylation sites is 1. The molecular formula is C33H38N6O2. The van der Waals surface area contributed by atoms with E-state index in [1.807, 2.05) is 61.5 Å². The number of rotatable bonds is 7. The molecule has 1 aliphatic heterocycles. The normalized spacial score (nSPS) is 14.8. The standard InChI is InChI=1S/C33H38N6O2/c1-22-9-11-25(12-10-22)39-29(21-28(38-39)33(2,3)4)37-32(41)36-27-8-6-5-7-26(27)30(23-13-17-34-18-14-23)31(40)24-15-19-35-20-16-24/h5-12,15-16,19-21,23,30,34H,13-14,17-18H2,1-4H3,(H2,36,37,41). The number of nitrogens with one attached hydrogen (secondary N) is 3. The van der Waals surface area contributed by atoms with Crippen molar-refractivity contribution in [3.8, 4) is 5.69 Å². The SMILES string of the molecule is Cc1ccc(-n2nc(C(C)(C)C)cc2NC(=O)Nc2ccccc2C(C(=O)c2ccncc2)C2CCNCC2)cc1. The molecule has 0 bridgehead atoms. The van der Waals surface area contributed by atoms with Crippen molar-refractivity contribution in [3.63, 3.8) is 0 Å². The van der Waals surface area contributed by atoms with Crippen LogP contribution in [-0.4, -0.2) is 39.7 Å². The van der Waals surface area contributed by atoms with Crippen LogP contribution in [0.1, 0.15) is 66.7 Å². The molecule has 8 nitrogen and oxygen atoms in total. The average Bonchev–Trinajstić information content (AvgIpc) is 3.40. The van der Waals surface area contributed by atoms with E-state index in [0.717, 1.165) is 48.4 Å². The summed E-state index contributed by atoms with van der Waals surface area (Å²) in [5.41, 5.74) is 4.72. The summed E-state index contributed by atoms with van der Waals surface area (Å²) in [6.07, 6.45) is 5.06. The molecule has 1 unspecified atom stereocenters. The predicted octanol–water partition coefficient (Wildman–Crippen LogP) is 6.48. The van der Waals surface area contributed by atoms with Gasteiger partial charge in [0.1, 0.15) is 5.82 Å². The Morgan fingerprint density at radius 3 is 2.32 bits per heavy atom. The smallest absolute Gasteiger partial charge is 0.317 e. The number of pyridine rings is 1. The van der Waals surface area contributed by atoms with Gasteiger partial charge in [0, 0.05) is 35.1 Å². The Kier molecular flexibility index (Phi) is 8.31. The summed E-state index contributed by atoms with van der Waals surface area (Å²) in [5, 5.41) is 14.3. The first-order valence-corrected chi connectivity index (χ1v) is 14.2. The zero-order valence-corrected chi connectivity index (χ0v) is 24.1. The maximum atomic E-state index is 13.9. The lowest BCUT2D eigenvalue weighted by Crippen LogP contribution is -2.34. The number of benzene rings is 2. The molecule has 41 heavy (non-hydrogen) atoms. The summed E-state index contributed by atoms with van der Waals surface area (Å²) in [6.45, 7) is 10.0. The Morgan fingerprint density at radius 1 is 0.951 bits per heavy atom.